The first-order valence-corrected chi connectivity index (χ1v) is 10.0. The Labute approximate surface area is 174 Å². The molecule has 6 heteroatoms. The van der Waals surface area contributed by atoms with Crippen molar-refractivity contribution in [3.8, 4) is 11.1 Å². The third-order valence-electron chi connectivity index (χ3n) is 5.57. The molecule has 5 rings (SSSR count). The average molecular weight is 398 g/mol. The topological polar surface area (TPSA) is 61.4 Å². The second-order valence-corrected chi connectivity index (χ2v) is 7.67. The monoisotopic (exact) mass is 398 g/mol. The first-order valence-electron chi connectivity index (χ1n) is 10.0. The molecule has 0 saturated carbocycles. The third kappa shape index (κ3) is 3.52. The standard InChI is InChI=1S/C24H22N4O2/c1-27-14-21(12-25-27)20-9-10-23-22(13-26-28(23)15-20)18-7-8-19(11-18)24(29)30-16-17-5-3-2-4-6-17/h2-7,9-10,12-15,19H,8,11,16H2,1H3. The number of fused-ring (bicyclic) bond motifs is 1. The summed E-state index contributed by atoms with van der Waals surface area (Å²) >= 11 is 0. The number of aryl methyl sites for hydroxylation is 1. The minimum absolute atomic E-state index is 0.131. The van der Waals surface area contributed by atoms with Crippen LogP contribution in [0.2, 0.25) is 0 Å². The van der Waals surface area contributed by atoms with Crippen molar-refractivity contribution in [1.82, 2.24) is 19.4 Å². The molecule has 0 amide bonds. The van der Waals surface area contributed by atoms with Crippen molar-refractivity contribution in [2.45, 2.75) is 19.4 Å². The smallest absolute Gasteiger partial charge is 0.309 e. The predicted molar refractivity (Wildman–Crippen MR) is 114 cm³/mol. The molecule has 1 atom stereocenters. The van der Waals surface area contributed by atoms with Gasteiger partial charge in [0, 0.05) is 36.1 Å². The molecule has 1 aliphatic carbocycles. The average Bonchev–Trinajstić information content (AvgIpc) is 3.51. The van der Waals surface area contributed by atoms with Crippen molar-refractivity contribution in [3.05, 3.63) is 84.5 Å². The molecule has 1 aliphatic rings. The van der Waals surface area contributed by atoms with Gasteiger partial charge in [-0.05, 0) is 30.0 Å². The van der Waals surface area contributed by atoms with Crippen LogP contribution in [0.3, 0.4) is 0 Å². The van der Waals surface area contributed by atoms with Crippen LogP contribution in [0.4, 0.5) is 0 Å². The van der Waals surface area contributed by atoms with Gasteiger partial charge in [0.15, 0.2) is 0 Å². The van der Waals surface area contributed by atoms with E-state index < -0.39 is 0 Å². The predicted octanol–water partition coefficient (Wildman–Crippen LogP) is 4.27. The highest BCUT2D eigenvalue weighted by molar-refractivity contribution is 5.84. The number of carbonyl (C=O) groups is 1. The Morgan fingerprint density at radius 1 is 1.07 bits per heavy atom. The zero-order valence-corrected chi connectivity index (χ0v) is 16.7. The van der Waals surface area contributed by atoms with Crippen LogP contribution in [-0.2, 0) is 23.2 Å². The number of carbonyl (C=O) groups excluding carboxylic acids is 1. The summed E-state index contributed by atoms with van der Waals surface area (Å²) < 4.78 is 9.21. The van der Waals surface area contributed by atoms with Gasteiger partial charge in [-0.2, -0.15) is 10.2 Å². The Kier molecular flexibility index (Phi) is 4.67. The van der Waals surface area contributed by atoms with Gasteiger partial charge in [-0.15, -0.1) is 0 Å². The molecule has 0 aliphatic heterocycles. The number of hydrogen-bond acceptors (Lipinski definition) is 4. The lowest BCUT2D eigenvalue weighted by Gasteiger charge is -2.10. The highest BCUT2D eigenvalue weighted by atomic mass is 16.5. The summed E-state index contributed by atoms with van der Waals surface area (Å²) in [4.78, 5) is 12.5. The van der Waals surface area contributed by atoms with Crippen LogP contribution in [0.1, 0.15) is 24.0 Å². The molecular weight excluding hydrogens is 376 g/mol. The summed E-state index contributed by atoms with van der Waals surface area (Å²) in [7, 11) is 1.90. The lowest BCUT2D eigenvalue weighted by atomic mass is 10.0. The largest absolute Gasteiger partial charge is 0.461 e. The Morgan fingerprint density at radius 3 is 2.73 bits per heavy atom. The Bertz CT molecular complexity index is 1240. The van der Waals surface area contributed by atoms with E-state index in [1.807, 2.05) is 66.7 Å². The minimum atomic E-state index is -0.138. The number of rotatable bonds is 5. The molecule has 0 saturated heterocycles. The van der Waals surface area contributed by atoms with E-state index in [9.17, 15) is 4.79 Å². The first kappa shape index (κ1) is 18.4. The number of hydrogen-bond donors (Lipinski definition) is 0. The Hall–Kier alpha value is -3.67. The van der Waals surface area contributed by atoms with Gasteiger partial charge in [0.2, 0.25) is 0 Å². The molecule has 1 aromatic carbocycles. The van der Waals surface area contributed by atoms with Gasteiger partial charge < -0.3 is 4.74 Å². The van der Waals surface area contributed by atoms with Crippen LogP contribution < -0.4 is 0 Å². The van der Waals surface area contributed by atoms with Crippen molar-refractivity contribution in [2.24, 2.45) is 13.0 Å². The lowest BCUT2D eigenvalue weighted by Crippen LogP contribution is -2.15. The summed E-state index contributed by atoms with van der Waals surface area (Å²) in [6.07, 6.45) is 11.2. The Balaban J connectivity index is 1.28. The van der Waals surface area contributed by atoms with Gasteiger partial charge in [0.05, 0.1) is 23.8 Å². The minimum Gasteiger partial charge on any atom is -0.461 e. The van der Waals surface area contributed by atoms with Crippen LogP contribution in [0, 0.1) is 5.92 Å². The fourth-order valence-corrected chi connectivity index (χ4v) is 3.94. The molecule has 0 spiro atoms. The molecule has 30 heavy (non-hydrogen) atoms. The van der Waals surface area contributed by atoms with E-state index in [2.05, 4.69) is 28.4 Å². The summed E-state index contributed by atoms with van der Waals surface area (Å²) in [5.74, 6) is -0.270. The molecule has 3 heterocycles. The lowest BCUT2D eigenvalue weighted by molar-refractivity contribution is -0.149. The maximum Gasteiger partial charge on any atom is 0.309 e. The van der Waals surface area contributed by atoms with Crippen molar-refractivity contribution >= 4 is 17.1 Å². The number of aromatic nitrogens is 4. The van der Waals surface area contributed by atoms with E-state index in [0.717, 1.165) is 33.3 Å². The van der Waals surface area contributed by atoms with Gasteiger partial charge in [-0.3, -0.25) is 9.48 Å². The molecule has 4 aromatic rings. The maximum absolute atomic E-state index is 12.5. The van der Waals surface area contributed by atoms with E-state index in [1.54, 1.807) is 4.68 Å². The van der Waals surface area contributed by atoms with Crippen molar-refractivity contribution < 1.29 is 9.53 Å². The van der Waals surface area contributed by atoms with Crippen LogP contribution in [0.15, 0.2) is 73.3 Å². The van der Waals surface area contributed by atoms with Crippen molar-refractivity contribution in [3.63, 3.8) is 0 Å². The fourth-order valence-electron chi connectivity index (χ4n) is 3.94. The number of nitrogens with zero attached hydrogens (tertiary/aromatic N) is 4. The highest BCUT2D eigenvalue weighted by Gasteiger charge is 2.27. The molecule has 0 fully saturated rings. The van der Waals surface area contributed by atoms with Gasteiger partial charge in [-0.25, -0.2) is 4.52 Å². The zero-order chi connectivity index (χ0) is 20.5. The number of benzene rings is 1. The summed E-state index contributed by atoms with van der Waals surface area (Å²) in [6, 6.07) is 13.9. The van der Waals surface area contributed by atoms with E-state index in [4.69, 9.17) is 4.74 Å². The number of allylic oxidation sites excluding steroid dienone is 2. The van der Waals surface area contributed by atoms with Gasteiger partial charge in [0.25, 0.3) is 0 Å². The molecule has 150 valence electrons. The van der Waals surface area contributed by atoms with Crippen LogP contribution in [0.5, 0.6) is 0 Å². The summed E-state index contributed by atoms with van der Waals surface area (Å²) in [5.41, 5.74) is 6.38. The SMILES string of the molecule is Cn1cc(-c2ccc3c(C4=CCC(C(=O)OCc5ccccc5)C4)cnn3c2)cn1. The van der Waals surface area contributed by atoms with Crippen molar-refractivity contribution in [1.29, 1.82) is 0 Å². The second kappa shape index (κ2) is 7.63. The zero-order valence-electron chi connectivity index (χ0n) is 16.7. The number of esters is 1. The van der Waals surface area contributed by atoms with E-state index in [-0.39, 0.29) is 11.9 Å². The third-order valence-corrected chi connectivity index (χ3v) is 5.57. The molecule has 0 bridgehead atoms. The van der Waals surface area contributed by atoms with E-state index >= 15 is 0 Å². The molecule has 0 N–H and O–H groups in total. The fraction of sp³-hybridized carbons (Fsp3) is 0.208. The molecule has 3 aromatic heterocycles. The van der Waals surface area contributed by atoms with Crippen molar-refractivity contribution in [2.75, 3.05) is 0 Å². The number of pyridine rings is 1. The number of ether oxygens (including phenoxy) is 1. The summed E-state index contributed by atoms with van der Waals surface area (Å²) in [6.45, 7) is 0.319. The molecule has 1 unspecified atom stereocenters. The second-order valence-electron chi connectivity index (χ2n) is 7.67. The van der Waals surface area contributed by atoms with Crippen LogP contribution in [0.25, 0.3) is 22.2 Å². The van der Waals surface area contributed by atoms with Gasteiger partial charge >= 0.3 is 5.97 Å². The van der Waals surface area contributed by atoms with Crippen LogP contribution >= 0.6 is 0 Å². The summed E-state index contributed by atoms with van der Waals surface area (Å²) in [5, 5.41) is 8.77. The van der Waals surface area contributed by atoms with Crippen LogP contribution in [-0.4, -0.2) is 25.4 Å². The Morgan fingerprint density at radius 2 is 1.93 bits per heavy atom. The highest BCUT2D eigenvalue weighted by Crippen LogP contribution is 2.35. The van der Waals surface area contributed by atoms with E-state index in [0.29, 0.717) is 19.4 Å². The van der Waals surface area contributed by atoms with Gasteiger partial charge in [0.1, 0.15) is 6.61 Å². The van der Waals surface area contributed by atoms with E-state index in [1.165, 1.54) is 0 Å². The molecule has 6 nitrogen and oxygen atoms in total. The maximum atomic E-state index is 12.5. The molecular formula is C24H22N4O2. The first-order chi connectivity index (χ1) is 14.7. The normalized spacial score (nSPS) is 16.0. The quantitative estimate of drug-likeness (QED) is 0.471. The molecule has 0 radical (unpaired) electrons. The van der Waals surface area contributed by atoms with Gasteiger partial charge in [-0.1, -0.05) is 42.5 Å².